The molecule has 1 unspecified atom stereocenters. The molecule has 0 aliphatic carbocycles. The second-order valence-corrected chi connectivity index (χ2v) is 11.4. The molecule has 4 rings (SSSR count). The van der Waals surface area contributed by atoms with E-state index < -0.39 is 33.3 Å². The van der Waals surface area contributed by atoms with Crippen molar-refractivity contribution < 1.29 is 31.1 Å². The van der Waals surface area contributed by atoms with Crippen molar-refractivity contribution in [2.24, 2.45) is 5.14 Å². The smallest absolute Gasteiger partial charge is 0.417 e. The van der Waals surface area contributed by atoms with Crippen molar-refractivity contribution in [3.63, 3.8) is 0 Å². The van der Waals surface area contributed by atoms with E-state index in [9.17, 15) is 26.4 Å². The zero-order chi connectivity index (χ0) is 26.5. The first-order valence-electron chi connectivity index (χ1n) is 11.1. The largest absolute Gasteiger partial charge is 0.460 e. The maximum atomic E-state index is 13.0. The molecular formula is C22H25ClF3N5O4S. The molecule has 3 N–H and O–H groups in total. The number of nitrogens with one attached hydrogen (secondary N) is 1. The predicted molar refractivity (Wildman–Crippen MR) is 125 cm³/mol. The van der Waals surface area contributed by atoms with Gasteiger partial charge in [-0.2, -0.15) is 13.2 Å². The van der Waals surface area contributed by atoms with E-state index >= 15 is 0 Å². The molecule has 4 heterocycles. The van der Waals surface area contributed by atoms with Gasteiger partial charge in [-0.25, -0.2) is 23.5 Å². The third-order valence-corrected chi connectivity index (χ3v) is 7.58. The maximum absolute atomic E-state index is 13.0. The number of hydrogen-bond acceptors (Lipinski definition) is 7. The molecular weight excluding hydrogens is 523 g/mol. The zero-order valence-corrected chi connectivity index (χ0v) is 21.0. The standard InChI is InChI=1S/C22H25ClF3N5O4S/c1-21(2,35-19-17(23)7-12(10-29-19)22(24,25)26)20(32)30-13-8-14-3-4-15(9-13)31(14)18-6-5-16(11-28-18)36(27,33)34/h5-7,10-11,13-15H,3-4,8-9H2,1-2H3,(H,30,32)(H2,27,33,34)/t13?,14-,15+. The number of halogens is 4. The van der Waals surface area contributed by atoms with Crippen LogP contribution in [0.2, 0.25) is 5.02 Å². The Morgan fingerprint density at radius 2 is 1.81 bits per heavy atom. The van der Waals surface area contributed by atoms with Crippen LogP contribution in [0.3, 0.4) is 0 Å². The van der Waals surface area contributed by atoms with Gasteiger partial charge in [0.05, 0.1) is 5.56 Å². The Kier molecular flexibility index (Phi) is 6.86. The van der Waals surface area contributed by atoms with Gasteiger partial charge in [-0.1, -0.05) is 11.6 Å². The first-order valence-corrected chi connectivity index (χ1v) is 13.1. The van der Waals surface area contributed by atoms with Gasteiger partial charge in [0.1, 0.15) is 15.7 Å². The Morgan fingerprint density at radius 3 is 2.31 bits per heavy atom. The van der Waals surface area contributed by atoms with Crippen LogP contribution in [0, 0.1) is 0 Å². The highest BCUT2D eigenvalue weighted by Gasteiger charge is 2.43. The maximum Gasteiger partial charge on any atom is 0.417 e. The molecule has 0 spiro atoms. The van der Waals surface area contributed by atoms with Gasteiger partial charge in [-0.15, -0.1) is 0 Å². The number of rotatable bonds is 6. The number of primary sulfonamides is 1. The van der Waals surface area contributed by atoms with Gasteiger partial charge in [0, 0.05) is 30.5 Å². The minimum atomic E-state index is -4.60. The number of carbonyl (C=O) groups is 1. The average molecular weight is 548 g/mol. The Hall–Kier alpha value is -2.64. The molecule has 0 saturated carbocycles. The molecule has 196 valence electrons. The Balaban J connectivity index is 1.40. The number of fused-ring (bicyclic) bond motifs is 2. The fourth-order valence-electron chi connectivity index (χ4n) is 4.67. The van der Waals surface area contributed by atoms with Crippen LogP contribution < -0.4 is 20.1 Å². The van der Waals surface area contributed by atoms with Crippen LogP contribution in [0.15, 0.2) is 35.5 Å². The minimum absolute atomic E-state index is 0.0642. The summed E-state index contributed by atoms with van der Waals surface area (Å²) in [4.78, 5) is 23.0. The van der Waals surface area contributed by atoms with Crippen LogP contribution in [-0.2, 0) is 21.0 Å². The number of sulfonamides is 1. The molecule has 36 heavy (non-hydrogen) atoms. The molecule has 2 aromatic rings. The number of anilines is 1. The normalized spacial score (nSPS) is 22.4. The van der Waals surface area contributed by atoms with Crippen molar-refractivity contribution in [1.29, 1.82) is 0 Å². The minimum Gasteiger partial charge on any atom is -0.460 e. The number of amides is 1. The summed E-state index contributed by atoms with van der Waals surface area (Å²) in [5, 5.41) is 7.77. The topological polar surface area (TPSA) is 128 Å². The van der Waals surface area contributed by atoms with E-state index in [4.69, 9.17) is 21.5 Å². The molecule has 9 nitrogen and oxygen atoms in total. The zero-order valence-electron chi connectivity index (χ0n) is 19.4. The summed E-state index contributed by atoms with van der Waals surface area (Å²) in [5.74, 6) is -0.0752. The molecule has 0 radical (unpaired) electrons. The number of aromatic nitrogens is 2. The van der Waals surface area contributed by atoms with Crippen molar-refractivity contribution in [3.8, 4) is 5.88 Å². The molecule has 2 aromatic heterocycles. The van der Waals surface area contributed by atoms with E-state index in [0.717, 1.165) is 12.8 Å². The summed E-state index contributed by atoms with van der Waals surface area (Å²) < 4.78 is 67.2. The molecule has 3 atom stereocenters. The van der Waals surface area contributed by atoms with E-state index in [0.29, 0.717) is 30.9 Å². The molecule has 14 heteroatoms. The molecule has 2 aliphatic heterocycles. The number of hydrogen-bond donors (Lipinski definition) is 2. The highest BCUT2D eigenvalue weighted by Crippen LogP contribution is 2.39. The number of nitrogens with zero attached hydrogens (tertiary/aromatic N) is 3. The summed E-state index contributed by atoms with van der Waals surface area (Å²) in [6, 6.07) is 3.78. The molecule has 1 amide bonds. The van der Waals surface area contributed by atoms with E-state index in [1.807, 2.05) is 0 Å². The van der Waals surface area contributed by atoms with Crippen molar-refractivity contribution in [3.05, 3.63) is 41.2 Å². The number of ether oxygens (including phenoxy) is 1. The molecule has 2 fully saturated rings. The number of alkyl halides is 3. The summed E-state index contributed by atoms with van der Waals surface area (Å²) in [7, 11) is -3.84. The summed E-state index contributed by atoms with van der Waals surface area (Å²) in [6.07, 6.45) is 0.286. The lowest BCUT2D eigenvalue weighted by atomic mass is 9.96. The lowest BCUT2D eigenvalue weighted by molar-refractivity contribution is -0.138. The summed E-state index contributed by atoms with van der Waals surface area (Å²) >= 11 is 5.92. The van der Waals surface area contributed by atoms with Crippen molar-refractivity contribution in [2.75, 3.05) is 4.90 Å². The highest BCUT2D eigenvalue weighted by molar-refractivity contribution is 7.89. The Bertz CT molecular complexity index is 1240. The van der Waals surface area contributed by atoms with E-state index in [1.54, 1.807) is 6.07 Å². The van der Waals surface area contributed by atoms with Gasteiger partial charge in [0.2, 0.25) is 15.9 Å². The van der Waals surface area contributed by atoms with Crippen LogP contribution in [0.25, 0.3) is 0 Å². The summed E-state index contributed by atoms with van der Waals surface area (Å²) in [6.45, 7) is 2.97. The van der Waals surface area contributed by atoms with Crippen molar-refractivity contribution in [2.45, 2.75) is 74.3 Å². The third-order valence-electron chi connectivity index (χ3n) is 6.42. The highest BCUT2D eigenvalue weighted by atomic mass is 35.5. The van der Waals surface area contributed by atoms with Crippen LogP contribution in [-0.4, -0.2) is 48.0 Å². The van der Waals surface area contributed by atoms with E-state index in [1.165, 1.54) is 26.1 Å². The van der Waals surface area contributed by atoms with E-state index in [-0.39, 0.29) is 33.9 Å². The number of piperidine rings is 1. The average Bonchev–Trinajstić information content (AvgIpc) is 3.04. The quantitative estimate of drug-likeness (QED) is 0.568. The third kappa shape index (κ3) is 5.52. The number of nitrogens with two attached hydrogens (primary N) is 1. The first kappa shape index (κ1) is 26.4. The molecule has 0 aromatic carbocycles. The van der Waals surface area contributed by atoms with Crippen LogP contribution in [0.1, 0.15) is 45.1 Å². The molecule has 2 bridgehead atoms. The van der Waals surface area contributed by atoms with Gasteiger partial charge in [-0.3, -0.25) is 4.79 Å². The lowest BCUT2D eigenvalue weighted by Gasteiger charge is -2.40. The van der Waals surface area contributed by atoms with Crippen LogP contribution in [0.5, 0.6) is 5.88 Å². The van der Waals surface area contributed by atoms with Crippen LogP contribution >= 0.6 is 11.6 Å². The van der Waals surface area contributed by atoms with Crippen molar-refractivity contribution in [1.82, 2.24) is 15.3 Å². The Morgan fingerprint density at radius 1 is 1.17 bits per heavy atom. The monoisotopic (exact) mass is 547 g/mol. The van der Waals surface area contributed by atoms with Gasteiger partial charge in [0.25, 0.3) is 5.91 Å². The van der Waals surface area contributed by atoms with Gasteiger partial charge < -0.3 is 15.0 Å². The fourth-order valence-corrected chi connectivity index (χ4v) is 5.33. The first-order chi connectivity index (χ1) is 16.6. The molecule has 2 saturated heterocycles. The summed E-state index contributed by atoms with van der Waals surface area (Å²) in [5.41, 5.74) is -2.46. The lowest BCUT2D eigenvalue weighted by Crippen LogP contribution is -2.55. The van der Waals surface area contributed by atoms with Gasteiger partial charge in [0.15, 0.2) is 5.60 Å². The fraction of sp³-hybridized carbons (Fsp3) is 0.500. The Labute approximate surface area is 211 Å². The van der Waals surface area contributed by atoms with Crippen LogP contribution in [0.4, 0.5) is 19.0 Å². The van der Waals surface area contributed by atoms with Gasteiger partial charge >= 0.3 is 6.18 Å². The predicted octanol–water partition coefficient (Wildman–Crippen LogP) is 3.27. The molecule has 2 aliphatic rings. The number of pyridine rings is 2. The van der Waals surface area contributed by atoms with Gasteiger partial charge in [-0.05, 0) is 57.7 Å². The second kappa shape index (κ2) is 9.34. The second-order valence-electron chi connectivity index (χ2n) is 9.45. The van der Waals surface area contributed by atoms with Crippen molar-refractivity contribution >= 4 is 33.3 Å². The number of carbonyl (C=O) groups excluding carboxylic acids is 1. The van der Waals surface area contributed by atoms with E-state index in [2.05, 4.69) is 20.2 Å². The SMILES string of the molecule is CC(C)(Oc1ncc(C(F)(F)F)cc1Cl)C(=O)NC1C[C@H]2CC[C@@H](C1)N2c1ccc(S(N)(=O)=O)cn1.